The van der Waals surface area contributed by atoms with Crippen molar-refractivity contribution in [1.29, 1.82) is 0 Å². The quantitative estimate of drug-likeness (QED) is 0.763. The molecule has 1 heterocycles. The third-order valence-electron chi connectivity index (χ3n) is 3.51. The van der Waals surface area contributed by atoms with Crippen LogP contribution in [0, 0.1) is 12.7 Å². The van der Waals surface area contributed by atoms with Crippen molar-refractivity contribution in [3.8, 4) is 5.69 Å². The highest BCUT2D eigenvalue weighted by atomic mass is 35.5. The Hall–Kier alpha value is -2.93. The largest absolute Gasteiger partial charge is 0.382 e. The van der Waals surface area contributed by atoms with E-state index in [0.29, 0.717) is 16.4 Å². The summed E-state index contributed by atoms with van der Waals surface area (Å²) in [5.74, 6) is -0.836. The van der Waals surface area contributed by atoms with Crippen LogP contribution in [0.5, 0.6) is 0 Å². The van der Waals surface area contributed by atoms with E-state index >= 15 is 0 Å². The number of aromatic nitrogens is 3. The van der Waals surface area contributed by atoms with Crippen LogP contribution in [0.3, 0.4) is 0 Å². The Bertz CT molecular complexity index is 907. The summed E-state index contributed by atoms with van der Waals surface area (Å²) < 4.78 is 14.3. The van der Waals surface area contributed by atoms with Gasteiger partial charge in [0.2, 0.25) is 0 Å². The van der Waals surface area contributed by atoms with Crippen LogP contribution in [-0.4, -0.2) is 20.9 Å². The van der Waals surface area contributed by atoms with Gasteiger partial charge in [0, 0.05) is 10.7 Å². The van der Waals surface area contributed by atoms with Gasteiger partial charge < -0.3 is 11.1 Å². The molecule has 0 saturated carbocycles. The predicted molar refractivity (Wildman–Crippen MR) is 89.9 cm³/mol. The van der Waals surface area contributed by atoms with Gasteiger partial charge in [-0.1, -0.05) is 22.9 Å². The van der Waals surface area contributed by atoms with Crippen LogP contribution in [0.1, 0.15) is 16.1 Å². The van der Waals surface area contributed by atoms with Gasteiger partial charge >= 0.3 is 0 Å². The van der Waals surface area contributed by atoms with Crippen molar-refractivity contribution in [3.63, 3.8) is 0 Å². The molecule has 0 radical (unpaired) electrons. The third-order valence-corrected chi connectivity index (χ3v) is 3.92. The Morgan fingerprint density at radius 1 is 1.25 bits per heavy atom. The molecule has 24 heavy (non-hydrogen) atoms. The van der Waals surface area contributed by atoms with E-state index < -0.39 is 5.91 Å². The molecular formula is C16H13ClFN5O. The summed E-state index contributed by atoms with van der Waals surface area (Å²) in [5.41, 5.74) is 7.72. The zero-order chi connectivity index (χ0) is 17.3. The molecule has 3 rings (SSSR count). The van der Waals surface area contributed by atoms with Crippen molar-refractivity contribution in [2.75, 3.05) is 11.1 Å². The number of rotatable bonds is 3. The Labute approximate surface area is 142 Å². The van der Waals surface area contributed by atoms with Gasteiger partial charge in [-0.25, -0.2) is 4.39 Å². The highest BCUT2D eigenvalue weighted by Gasteiger charge is 2.19. The van der Waals surface area contributed by atoms with Gasteiger partial charge in [-0.05, 0) is 48.9 Å². The van der Waals surface area contributed by atoms with Crippen molar-refractivity contribution in [2.24, 2.45) is 0 Å². The van der Waals surface area contributed by atoms with E-state index in [1.54, 1.807) is 25.1 Å². The zero-order valence-corrected chi connectivity index (χ0v) is 13.4. The number of carbonyl (C=O) groups is 1. The number of nitrogens with zero attached hydrogens (tertiary/aromatic N) is 3. The number of benzene rings is 2. The Kier molecular flexibility index (Phi) is 4.18. The van der Waals surface area contributed by atoms with Crippen LogP contribution < -0.4 is 11.1 Å². The molecular weight excluding hydrogens is 333 g/mol. The van der Waals surface area contributed by atoms with Crippen LogP contribution in [0.25, 0.3) is 5.69 Å². The normalized spacial score (nSPS) is 10.6. The maximum absolute atomic E-state index is 13.0. The lowest BCUT2D eigenvalue weighted by atomic mass is 10.2. The molecule has 0 aliphatic rings. The molecule has 0 atom stereocenters. The SMILES string of the molecule is Cc1c(Cl)cccc1NC(=O)c1nnn(-c2ccc(F)cc2)c1N. The molecule has 0 saturated heterocycles. The average molecular weight is 346 g/mol. The van der Waals surface area contributed by atoms with E-state index in [4.69, 9.17) is 17.3 Å². The first-order chi connectivity index (χ1) is 11.5. The van der Waals surface area contributed by atoms with Crippen molar-refractivity contribution < 1.29 is 9.18 Å². The summed E-state index contributed by atoms with van der Waals surface area (Å²) in [6, 6.07) is 10.7. The first kappa shape index (κ1) is 15.9. The monoisotopic (exact) mass is 345 g/mol. The first-order valence-corrected chi connectivity index (χ1v) is 7.38. The number of nitrogen functional groups attached to an aromatic ring is 1. The first-order valence-electron chi connectivity index (χ1n) is 7.01. The van der Waals surface area contributed by atoms with Gasteiger partial charge in [-0.15, -0.1) is 5.10 Å². The van der Waals surface area contributed by atoms with Crippen LogP contribution >= 0.6 is 11.6 Å². The molecule has 8 heteroatoms. The van der Waals surface area contributed by atoms with Crippen molar-refractivity contribution in [3.05, 3.63) is 64.6 Å². The smallest absolute Gasteiger partial charge is 0.280 e. The Morgan fingerprint density at radius 3 is 2.67 bits per heavy atom. The highest BCUT2D eigenvalue weighted by Crippen LogP contribution is 2.24. The van der Waals surface area contributed by atoms with E-state index in [1.807, 2.05) is 0 Å². The minimum Gasteiger partial charge on any atom is -0.382 e. The summed E-state index contributed by atoms with van der Waals surface area (Å²) in [5, 5.41) is 10.9. The maximum Gasteiger partial charge on any atom is 0.280 e. The molecule has 1 amide bonds. The van der Waals surface area contributed by atoms with E-state index in [9.17, 15) is 9.18 Å². The lowest BCUT2D eigenvalue weighted by Crippen LogP contribution is -2.15. The van der Waals surface area contributed by atoms with E-state index in [-0.39, 0.29) is 17.3 Å². The fraction of sp³-hybridized carbons (Fsp3) is 0.0625. The topological polar surface area (TPSA) is 85.8 Å². The second kappa shape index (κ2) is 6.29. The van der Waals surface area contributed by atoms with Gasteiger partial charge in [-0.3, -0.25) is 4.79 Å². The van der Waals surface area contributed by atoms with Crippen molar-refractivity contribution in [1.82, 2.24) is 15.0 Å². The second-order valence-electron chi connectivity index (χ2n) is 5.08. The molecule has 0 spiro atoms. The zero-order valence-electron chi connectivity index (χ0n) is 12.6. The van der Waals surface area contributed by atoms with Gasteiger partial charge in [0.15, 0.2) is 11.5 Å². The minimum atomic E-state index is -0.508. The van der Waals surface area contributed by atoms with Crippen molar-refractivity contribution in [2.45, 2.75) is 6.92 Å². The van der Waals surface area contributed by atoms with Crippen LogP contribution in [0.15, 0.2) is 42.5 Å². The molecule has 3 N–H and O–H groups in total. The van der Waals surface area contributed by atoms with Gasteiger partial charge in [-0.2, -0.15) is 4.68 Å². The summed E-state index contributed by atoms with van der Waals surface area (Å²) in [7, 11) is 0. The lowest BCUT2D eigenvalue weighted by molar-refractivity contribution is 0.102. The highest BCUT2D eigenvalue weighted by molar-refractivity contribution is 6.31. The molecule has 3 aromatic rings. The molecule has 2 aromatic carbocycles. The van der Waals surface area contributed by atoms with E-state index in [1.165, 1.54) is 28.9 Å². The van der Waals surface area contributed by atoms with Crippen LogP contribution in [0.4, 0.5) is 15.9 Å². The molecule has 0 bridgehead atoms. The average Bonchev–Trinajstić information content (AvgIpc) is 2.94. The number of nitrogens with one attached hydrogen (secondary N) is 1. The fourth-order valence-corrected chi connectivity index (χ4v) is 2.32. The molecule has 6 nitrogen and oxygen atoms in total. The third kappa shape index (κ3) is 2.93. The number of halogens is 2. The van der Waals surface area contributed by atoms with Crippen LogP contribution in [0.2, 0.25) is 5.02 Å². The Balaban J connectivity index is 1.89. The lowest BCUT2D eigenvalue weighted by Gasteiger charge is -2.08. The number of anilines is 2. The fourth-order valence-electron chi connectivity index (χ4n) is 2.15. The summed E-state index contributed by atoms with van der Waals surface area (Å²) in [6.45, 7) is 1.79. The maximum atomic E-state index is 13.0. The van der Waals surface area contributed by atoms with E-state index in [0.717, 1.165) is 5.56 Å². The summed E-state index contributed by atoms with van der Waals surface area (Å²) >= 11 is 6.03. The molecule has 0 fully saturated rings. The number of amides is 1. The molecule has 1 aromatic heterocycles. The number of hydrogen-bond acceptors (Lipinski definition) is 4. The number of nitrogens with two attached hydrogens (primary N) is 1. The molecule has 122 valence electrons. The molecule has 0 aliphatic heterocycles. The minimum absolute atomic E-state index is 0.0290. The van der Waals surface area contributed by atoms with Gasteiger partial charge in [0.1, 0.15) is 5.82 Å². The predicted octanol–water partition coefficient (Wildman–Crippen LogP) is 3.20. The summed E-state index contributed by atoms with van der Waals surface area (Å²) in [4.78, 5) is 12.4. The number of hydrogen-bond donors (Lipinski definition) is 2. The summed E-state index contributed by atoms with van der Waals surface area (Å²) in [6.07, 6.45) is 0. The number of carbonyl (C=O) groups excluding carboxylic acids is 1. The Morgan fingerprint density at radius 2 is 1.96 bits per heavy atom. The van der Waals surface area contributed by atoms with Crippen molar-refractivity contribution >= 4 is 29.0 Å². The van der Waals surface area contributed by atoms with Gasteiger partial charge in [0.05, 0.1) is 5.69 Å². The van der Waals surface area contributed by atoms with Gasteiger partial charge in [0.25, 0.3) is 5.91 Å². The van der Waals surface area contributed by atoms with E-state index in [2.05, 4.69) is 15.6 Å². The second-order valence-corrected chi connectivity index (χ2v) is 5.49. The molecule has 0 unspecified atom stereocenters. The molecule has 0 aliphatic carbocycles. The standard InChI is InChI=1S/C16H13ClFN5O/c1-9-12(17)3-2-4-13(9)20-16(24)14-15(19)23(22-21-14)11-7-5-10(18)6-8-11/h2-8H,19H2,1H3,(H,20,24). The van der Waals surface area contributed by atoms with Crippen LogP contribution in [-0.2, 0) is 0 Å².